The van der Waals surface area contributed by atoms with Gasteiger partial charge in [-0.15, -0.1) is 0 Å². The van der Waals surface area contributed by atoms with Gasteiger partial charge in [0.05, 0.1) is 11.3 Å². The first-order valence-electron chi connectivity index (χ1n) is 4.42. The highest BCUT2D eigenvalue weighted by atomic mass is 16.5. The lowest BCUT2D eigenvalue weighted by atomic mass is 10.1. The van der Waals surface area contributed by atoms with Crippen LogP contribution >= 0.6 is 0 Å². The molecule has 0 bridgehead atoms. The van der Waals surface area contributed by atoms with Crippen molar-refractivity contribution in [1.82, 2.24) is 4.74 Å². The quantitative estimate of drug-likeness (QED) is 0.687. The molecule has 0 saturated heterocycles. The van der Waals surface area contributed by atoms with Crippen LogP contribution in [0.3, 0.4) is 0 Å². The van der Waals surface area contributed by atoms with Crippen molar-refractivity contribution < 1.29 is 4.52 Å². The molecule has 0 amide bonds. The van der Waals surface area contributed by atoms with Crippen molar-refractivity contribution in [3.63, 3.8) is 0 Å². The molecule has 2 aromatic rings. The molecular weight excluding hydrogens is 178 g/mol. The average Bonchev–Trinajstić information content (AvgIpc) is 2.43. The molecule has 0 aliphatic rings. The van der Waals surface area contributed by atoms with Crippen LogP contribution in [0.1, 0.15) is 5.56 Å². The SMILES string of the molecule is Cc1c(-c2ccccc2)n(C)oc1=O. The van der Waals surface area contributed by atoms with Gasteiger partial charge in [-0.2, -0.15) is 0 Å². The molecule has 72 valence electrons. The molecule has 0 N–H and O–H groups in total. The molecular formula is C11H11NO2. The summed E-state index contributed by atoms with van der Waals surface area (Å²) in [6, 6.07) is 9.73. The van der Waals surface area contributed by atoms with Crippen LogP contribution < -0.4 is 5.63 Å². The Morgan fingerprint density at radius 3 is 2.36 bits per heavy atom. The molecule has 0 aliphatic carbocycles. The van der Waals surface area contributed by atoms with E-state index >= 15 is 0 Å². The van der Waals surface area contributed by atoms with E-state index in [0.29, 0.717) is 5.56 Å². The number of benzene rings is 1. The first kappa shape index (κ1) is 8.81. The van der Waals surface area contributed by atoms with Gasteiger partial charge in [-0.1, -0.05) is 30.3 Å². The third kappa shape index (κ3) is 1.27. The second-order valence-electron chi connectivity index (χ2n) is 3.22. The first-order valence-corrected chi connectivity index (χ1v) is 4.42. The number of hydrogen-bond acceptors (Lipinski definition) is 2. The van der Waals surface area contributed by atoms with Crippen LogP contribution in [0.15, 0.2) is 39.6 Å². The summed E-state index contributed by atoms with van der Waals surface area (Å²) in [6.07, 6.45) is 0. The third-order valence-corrected chi connectivity index (χ3v) is 2.24. The summed E-state index contributed by atoms with van der Waals surface area (Å²) in [4.78, 5) is 11.2. The summed E-state index contributed by atoms with van der Waals surface area (Å²) in [7, 11) is 1.73. The zero-order chi connectivity index (χ0) is 10.1. The molecule has 1 aromatic carbocycles. The van der Waals surface area contributed by atoms with Crippen LogP contribution in [0.2, 0.25) is 0 Å². The Kier molecular flexibility index (Phi) is 2.00. The van der Waals surface area contributed by atoms with Gasteiger partial charge in [0.15, 0.2) is 0 Å². The van der Waals surface area contributed by atoms with Gasteiger partial charge >= 0.3 is 5.63 Å². The Hall–Kier alpha value is -1.77. The van der Waals surface area contributed by atoms with E-state index in [1.54, 1.807) is 14.0 Å². The molecule has 2 rings (SSSR count). The van der Waals surface area contributed by atoms with Gasteiger partial charge in [0, 0.05) is 12.6 Å². The van der Waals surface area contributed by atoms with E-state index in [1.165, 1.54) is 4.74 Å². The Morgan fingerprint density at radius 2 is 1.86 bits per heavy atom. The molecule has 1 heterocycles. The molecule has 0 saturated carbocycles. The summed E-state index contributed by atoms with van der Waals surface area (Å²) < 4.78 is 6.47. The lowest BCUT2D eigenvalue weighted by Crippen LogP contribution is -1.95. The topological polar surface area (TPSA) is 35.1 Å². The molecule has 0 radical (unpaired) electrons. The Labute approximate surface area is 81.6 Å². The zero-order valence-electron chi connectivity index (χ0n) is 8.15. The standard InChI is InChI=1S/C11H11NO2/c1-8-10(12(2)14-11(8)13)9-6-4-3-5-7-9/h3-7H,1-2H3. The second kappa shape index (κ2) is 3.18. The molecule has 0 unspecified atom stereocenters. The van der Waals surface area contributed by atoms with E-state index in [0.717, 1.165) is 11.3 Å². The summed E-state index contributed by atoms with van der Waals surface area (Å²) >= 11 is 0. The molecule has 3 heteroatoms. The van der Waals surface area contributed by atoms with E-state index in [-0.39, 0.29) is 5.63 Å². The van der Waals surface area contributed by atoms with Crippen molar-refractivity contribution in [2.24, 2.45) is 7.05 Å². The van der Waals surface area contributed by atoms with Crippen molar-refractivity contribution in [2.45, 2.75) is 6.92 Å². The van der Waals surface area contributed by atoms with E-state index in [4.69, 9.17) is 4.52 Å². The zero-order valence-corrected chi connectivity index (χ0v) is 8.15. The molecule has 0 atom stereocenters. The maximum Gasteiger partial charge on any atom is 0.361 e. The molecule has 0 fully saturated rings. The van der Waals surface area contributed by atoms with Gasteiger partial charge in [0.2, 0.25) is 0 Å². The van der Waals surface area contributed by atoms with Gasteiger partial charge in [0.25, 0.3) is 0 Å². The average molecular weight is 189 g/mol. The number of aryl methyl sites for hydroxylation is 1. The lowest BCUT2D eigenvalue weighted by Gasteiger charge is -2.00. The largest absolute Gasteiger partial charge is 0.361 e. The minimum atomic E-state index is -0.272. The maximum atomic E-state index is 11.2. The van der Waals surface area contributed by atoms with Gasteiger partial charge in [-0.3, -0.25) is 0 Å². The van der Waals surface area contributed by atoms with Crippen molar-refractivity contribution in [1.29, 1.82) is 0 Å². The minimum Gasteiger partial charge on any atom is -0.336 e. The monoisotopic (exact) mass is 189 g/mol. The summed E-state index contributed by atoms with van der Waals surface area (Å²) in [5, 5.41) is 0. The Balaban J connectivity index is 2.69. The minimum absolute atomic E-state index is 0.272. The van der Waals surface area contributed by atoms with Crippen LogP contribution in [0.4, 0.5) is 0 Å². The number of hydrogen-bond donors (Lipinski definition) is 0. The number of nitrogens with zero attached hydrogens (tertiary/aromatic N) is 1. The maximum absolute atomic E-state index is 11.2. The van der Waals surface area contributed by atoms with Crippen molar-refractivity contribution in [2.75, 3.05) is 0 Å². The van der Waals surface area contributed by atoms with E-state index < -0.39 is 0 Å². The van der Waals surface area contributed by atoms with Gasteiger partial charge in [0.1, 0.15) is 0 Å². The highest BCUT2D eigenvalue weighted by Crippen LogP contribution is 2.20. The number of aromatic nitrogens is 1. The van der Waals surface area contributed by atoms with Crippen LogP contribution in [0.25, 0.3) is 11.3 Å². The van der Waals surface area contributed by atoms with E-state index in [1.807, 2.05) is 30.3 Å². The van der Waals surface area contributed by atoms with Gasteiger partial charge in [-0.05, 0) is 6.92 Å². The van der Waals surface area contributed by atoms with Crippen LogP contribution in [0.5, 0.6) is 0 Å². The van der Waals surface area contributed by atoms with Crippen molar-refractivity contribution in [3.05, 3.63) is 46.3 Å². The summed E-state index contributed by atoms with van der Waals surface area (Å²) in [6.45, 7) is 1.77. The lowest BCUT2D eigenvalue weighted by molar-refractivity contribution is 0.288. The second-order valence-corrected chi connectivity index (χ2v) is 3.22. The molecule has 3 nitrogen and oxygen atoms in total. The third-order valence-electron chi connectivity index (χ3n) is 2.24. The predicted octanol–water partition coefficient (Wildman–Crippen LogP) is 1.95. The van der Waals surface area contributed by atoms with Crippen molar-refractivity contribution in [3.8, 4) is 11.3 Å². The van der Waals surface area contributed by atoms with Gasteiger partial charge in [-0.25, -0.2) is 9.53 Å². The number of rotatable bonds is 1. The summed E-state index contributed by atoms with van der Waals surface area (Å²) in [5.74, 6) is 0. The fraction of sp³-hybridized carbons (Fsp3) is 0.182. The van der Waals surface area contributed by atoms with Crippen molar-refractivity contribution >= 4 is 0 Å². The summed E-state index contributed by atoms with van der Waals surface area (Å²) in [5.41, 5.74) is 2.22. The first-order chi connectivity index (χ1) is 6.70. The Morgan fingerprint density at radius 1 is 1.21 bits per heavy atom. The predicted molar refractivity (Wildman–Crippen MR) is 54.1 cm³/mol. The molecule has 14 heavy (non-hydrogen) atoms. The van der Waals surface area contributed by atoms with E-state index in [9.17, 15) is 4.79 Å². The normalized spacial score (nSPS) is 10.4. The fourth-order valence-corrected chi connectivity index (χ4v) is 1.57. The Bertz CT molecular complexity index is 494. The highest BCUT2D eigenvalue weighted by molar-refractivity contribution is 5.62. The molecule has 0 aliphatic heterocycles. The van der Waals surface area contributed by atoms with Gasteiger partial charge < -0.3 is 4.52 Å². The van der Waals surface area contributed by atoms with Crippen LogP contribution in [0, 0.1) is 6.92 Å². The molecule has 1 aromatic heterocycles. The smallest absolute Gasteiger partial charge is 0.336 e. The fourth-order valence-electron chi connectivity index (χ4n) is 1.57. The van der Waals surface area contributed by atoms with E-state index in [2.05, 4.69) is 0 Å². The van der Waals surface area contributed by atoms with Crippen LogP contribution in [-0.4, -0.2) is 4.74 Å². The highest BCUT2D eigenvalue weighted by Gasteiger charge is 2.11. The van der Waals surface area contributed by atoms with Crippen LogP contribution in [-0.2, 0) is 7.05 Å². The molecule has 0 spiro atoms.